The predicted octanol–water partition coefficient (Wildman–Crippen LogP) is 0.958. The van der Waals surface area contributed by atoms with Crippen LogP contribution in [-0.4, -0.2) is 31.9 Å². The Hall–Kier alpha value is -1.93. The quantitative estimate of drug-likeness (QED) is 0.609. The van der Waals surface area contributed by atoms with Crippen molar-refractivity contribution in [2.45, 2.75) is 32.2 Å². The first-order valence-electron chi connectivity index (χ1n) is 7.22. The molecule has 1 unspecified atom stereocenters. The Morgan fingerprint density at radius 1 is 1.13 bits per heavy atom. The number of carbonyl (C=O) groups excluding carboxylic acids is 1. The van der Waals surface area contributed by atoms with Gasteiger partial charge in [0, 0.05) is 13.1 Å². The van der Waals surface area contributed by atoms with Gasteiger partial charge in [0.2, 0.25) is 15.9 Å². The van der Waals surface area contributed by atoms with Gasteiger partial charge in [-0.3, -0.25) is 9.59 Å². The van der Waals surface area contributed by atoms with E-state index >= 15 is 0 Å². The van der Waals surface area contributed by atoms with Crippen LogP contribution < -0.4 is 10.0 Å². The van der Waals surface area contributed by atoms with Gasteiger partial charge in [-0.1, -0.05) is 26.0 Å². The lowest BCUT2D eigenvalue weighted by Gasteiger charge is -2.10. The maximum atomic E-state index is 12.0. The van der Waals surface area contributed by atoms with Gasteiger partial charge in [-0.2, -0.15) is 0 Å². The molecule has 0 bridgehead atoms. The van der Waals surface area contributed by atoms with Gasteiger partial charge in [-0.25, -0.2) is 13.1 Å². The Kier molecular flexibility index (Phi) is 6.71. The lowest BCUT2D eigenvalue weighted by atomic mass is 10.1. The summed E-state index contributed by atoms with van der Waals surface area (Å²) < 4.78 is 26.6. The molecule has 1 amide bonds. The molecule has 0 aliphatic rings. The molecule has 1 aromatic rings. The number of carboxylic acid groups (broad SMARTS) is 1. The summed E-state index contributed by atoms with van der Waals surface area (Å²) >= 11 is 0. The number of nitrogens with one attached hydrogen (secondary N) is 2. The number of sulfonamides is 1. The van der Waals surface area contributed by atoms with Crippen LogP contribution in [0.2, 0.25) is 0 Å². The van der Waals surface area contributed by atoms with Crippen LogP contribution in [0, 0.1) is 11.8 Å². The lowest BCUT2D eigenvalue weighted by Crippen LogP contribution is -2.33. The molecule has 1 aromatic carbocycles. The highest BCUT2D eigenvalue weighted by molar-refractivity contribution is 7.89. The van der Waals surface area contributed by atoms with E-state index in [-0.39, 0.29) is 17.4 Å². The molecule has 0 saturated carbocycles. The van der Waals surface area contributed by atoms with Crippen LogP contribution in [0.4, 0.5) is 0 Å². The van der Waals surface area contributed by atoms with Crippen LogP contribution in [-0.2, 0) is 26.2 Å². The average Bonchev–Trinajstić information content (AvgIpc) is 2.50. The molecule has 1 atom stereocenters. The van der Waals surface area contributed by atoms with Gasteiger partial charge in [-0.15, -0.1) is 0 Å². The fourth-order valence-corrected chi connectivity index (χ4v) is 2.81. The van der Waals surface area contributed by atoms with Gasteiger partial charge in [0.15, 0.2) is 0 Å². The van der Waals surface area contributed by atoms with Crippen LogP contribution in [0.5, 0.6) is 0 Å². The number of carbonyl (C=O) groups is 2. The topological polar surface area (TPSA) is 113 Å². The first-order chi connectivity index (χ1) is 10.6. The average molecular weight is 342 g/mol. The Morgan fingerprint density at radius 2 is 1.70 bits per heavy atom. The van der Waals surface area contributed by atoms with E-state index in [1.54, 1.807) is 12.1 Å². The SMILES string of the molecule is CC(C)CNS(=O)(=O)c1ccc(CNC(=O)C(C)C(=O)O)cc1. The normalized spacial score (nSPS) is 12.9. The summed E-state index contributed by atoms with van der Waals surface area (Å²) in [7, 11) is -3.54. The molecule has 23 heavy (non-hydrogen) atoms. The molecular weight excluding hydrogens is 320 g/mol. The third kappa shape index (κ3) is 5.99. The highest BCUT2D eigenvalue weighted by atomic mass is 32.2. The highest BCUT2D eigenvalue weighted by Gasteiger charge is 2.20. The number of hydrogen-bond donors (Lipinski definition) is 3. The zero-order valence-corrected chi connectivity index (χ0v) is 14.2. The Balaban J connectivity index is 2.67. The second-order valence-electron chi connectivity index (χ2n) is 5.67. The molecule has 0 aliphatic heterocycles. The fraction of sp³-hybridized carbons (Fsp3) is 0.467. The standard InChI is InChI=1S/C15H22N2O5S/c1-10(2)8-17-23(21,22)13-6-4-12(5-7-13)9-16-14(18)11(3)15(19)20/h4-7,10-11,17H,8-9H2,1-3H3,(H,16,18)(H,19,20). The van der Waals surface area contributed by atoms with Crippen molar-refractivity contribution in [2.75, 3.05) is 6.54 Å². The van der Waals surface area contributed by atoms with Gasteiger partial charge >= 0.3 is 5.97 Å². The zero-order chi connectivity index (χ0) is 17.6. The van der Waals surface area contributed by atoms with Crippen molar-refractivity contribution < 1.29 is 23.1 Å². The van der Waals surface area contributed by atoms with Crippen molar-refractivity contribution >= 4 is 21.9 Å². The second-order valence-corrected chi connectivity index (χ2v) is 7.43. The molecular formula is C15H22N2O5S. The van der Waals surface area contributed by atoms with E-state index in [1.807, 2.05) is 13.8 Å². The summed E-state index contributed by atoms with van der Waals surface area (Å²) in [5.74, 6) is -2.71. The van der Waals surface area contributed by atoms with E-state index in [2.05, 4.69) is 10.0 Å². The van der Waals surface area contributed by atoms with Gasteiger partial charge in [0.25, 0.3) is 0 Å². The molecule has 8 heteroatoms. The van der Waals surface area contributed by atoms with Crippen molar-refractivity contribution in [3.63, 3.8) is 0 Å². The third-order valence-electron chi connectivity index (χ3n) is 3.15. The summed E-state index contributed by atoms with van der Waals surface area (Å²) in [5.41, 5.74) is 0.679. The van der Waals surface area contributed by atoms with Crippen molar-refractivity contribution in [1.82, 2.24) is 10.0 Å². The van der Waals surface area contributed by atoms with E-state index in [4.69, 9.17) is 5.11 Å². The summed E-state index contributed by atoms with van der Waals surface area (Å²) in [6.45, 7) is 5.61. The monoisotopic (exact) mass is 342 g/mol. The van der Waals surface area contributed by atoms with E-state index in [1.165, 1.54) is 19.1 Å². The second kappa shape index (κ2) is 8.07. The molecule has 3 N–H and O–H groups in total. The molecule has 128 valence electrons. The first kappa shape index (κ1) is 19.1. The van der Waals surface area contributed by atoms with Crippen LogP contribution >= 0.6 is 0 Å². The molecule has 0 saturated heterocycles. The number of carboxylic acids is 1. The molecule has 0 spiro atoms. The Labute approximate surface area is 136 Å². The molecule has 1 rings (SSSR count). The molecule has 0 heterocycles. The Morgan fingerprint density at radius 3 is 2.17 bits per heavy atom. The lowest BCUT2D eigenvalue weighted by molar-refractivity contribution is -0.146. The van der Waals surface area contributed by atoms with Crippen molar-refractivity contribution in [3.05, 3.63) is 29.8 Å². The van der Waals surface area contributed by atoms with Crippen LogP contribution in [0.25, 0.3) is 0 Å². The van der Waals surface area contributed by atoms with Crippen LogP contribution in [0.1, 0.15) is 26.3 Å². The van der Waals surface area contributed by atoms with E-state index in [9.17, 15) is 18.0 Å². The minimum atomic E-state index is -3.54. The summed E-state index contributed by atoms with van der Waals surface area (Å²) in [4.78, 5) is 22.4. The minimum absolute atomic E-state index is 0.135. The van der Waals surface area contributed by atoms with E-state index in [0.29, 0.717) is 12.1 Å². The molecule has 0 aliphatic carbocycles. The van der Waals surface area contributed by atoms with Crippen molar-refractivity contribution in [1.29, 1.82) is 0 Å². The van der Waals surface area contributed by atoms with E-state index in [0.717, 1.165) is 0 Å². The first-order valence-corrected chi connectivity index (χ1v) is 8.71. The molecule has 0 fully saturated rings. The number of aliphatic carboxylic acids is 1. The number of rotatable bonds is 8. The number of amides is 1. The fourth-order valence-electron chi connectivity index (χ4n) is 1.60. The smallest absolute Gasteiger partial charge is 0.315 e. The Bertz CT molecular complexity index is 653. The minimum Gasteiger partial charge on any atom is -0.481 e. The summed E-state index contributed by atoms with van der Waals surface area (Å²) in [6, 6.07) is 6.06. The predicted molar refractivity (Wildman–Crippen MR) is 85.1 cm³/mol. The maximum Gasteiger partial charge on any atom is 0.315 e. The molecule has 0 radical (unpaired) electrons. The number of benzene rings is 1. The van der Waals surface area contributed by atoms with Crippen molar-refractivity contribution in [3.8, 4) is 0 Å². The van der Waals surface area contributed by atoms with Crippen molar-refractivity contribution in [2.24, 2.45) is 11.8 Å². The van der Waals surface area contributed by atoms with Gasteiger partial charge in [0.05, 0.1) is 4.90 Å². The van der Waals surface area contributed by atoms with Gasteiger partial charge in [-0.05, 0) is 30.5 Å². The molecule has 0 aromatic heterocycles. The van der Waals surface area contributed by atoms with Gasteiger partial charge < -0.3 is 10.4 Å². The maximum absolute atomic E-state index is 12.0. The zero-order valence-electron chi connectivity index (χ0n) is 13.4. The molecule has 7 nitrogen and oxygen atoms in total. The van der Waals surface area contributed by atoms with Crippen LogP contribution in [0.15, 0.2) is 29.2 Å². The number of hydrogen-bond acceptors (Lipinski definition) is 4. The summed E-state index contributed by atoms with van der Waals surface area (Å²) in [6.07, 6.45) is 0. The highest BCUT2D eigenvalue weighted by Crippen LogP contribution is 2.11. The summed E-state index contributed by atoms with van der Waals surface area (Å²) in [5, 5.41) is 11.2. The largest absolute Gasteiger partial charge is 0.481 e. The van der Waals surface area contributed by atoms with E-state index < -0.39 is 27.8 Å². The van der Waals surface area contributed by atoms with Gasteiger partial charge in [0.1, 0.15) is 5.92 Å². The van der Waals surface area contributed by atoms with Crippen LogP contribution in [0.3, 0.4) is 0 Å². The third-order valence-corrected chi connectivity index (χ3v) is 4.59.